The number of benzene rings is 2. The lowest BCUT2D eigenvalue weighted by molar-refractivity contribution is 0.319. The second-order valence-electron chi connectivity index (χ2n) is 7.66. The summed E-state index contributed by atoms with van der Waals surface area (Å²) in [7, 11) is 0. The van der Waals surface area contributed by atoms with Crippen molar-refractivity contribution in [1.29, 1.82) is 0 Å². The van der Waals surface area contributed by atoms with Gasteiger partial charge in [0.1, 0.15) is 11.6 Å². The molecule has 2 heterocycles. The van der Waals surface area contributed by atoms with E-state index < -0.39 is 11.6 Å². The van der Waals surface area contributed by atoms with Gasteiger partial charge in [0.25, 0.3) is 0 Å². The molecule has 0 saturated heterocycles. The number of aromatic nitrogens is 5. The molecule has 0 saturated carbocycles. The van der Waals surface area contributed by atoms with Gasteiger partial charge in [-0.15, -0.1) is 10.2 Å². The zero-order chi connectivity index (χ0) is 21.3. The summed E-state index contributed by atoms with van der Waals surface area (Å²) in [4.78, 5) is 4.41. The molecule has 30 heavy (non-hydrogen) atoms. The van der Waals surface area contributed by atoms with Gasteiger partial charge < -0.3 is 4.52 Å². The minimum absolute atomic E-state index is 0.159. The lowest BCUT2D eigenvalue weighted by Crippen LogP contribution is -2.11. The monoisotopic (exact) mass is 427 g/mol. The van der Waals surface area contributed by atoms with Crippen LogP contribution in [0.2, 0.25) is 0 Å². The molecule has 0 N–H and O–H groups in total. The van der Waals surface area contributed by atoms with Crippen LogP contribution in [0.25, 0.3) is 17.1 Å². The molecule has 0 radical (unpaired) electrons. The van der Waals surface area contributed by atoms with Crippen LogP contribution in [0.15, 0.2) is 58.2 Å². The van der Waals surface area contributed by atoms with E-state index in [0.29, 0.717) is 28.4 Å². The molecule has 0 aliphatic carbocycles. The van der Waals surface area contributed by atoms with Crippen molar-refractivity contribution in [3.63, 3.8) is 0 Å². The van der Waals surface area contributed by atoms with Gasteiger partial charge in [-0.05, 0) is 12.1 Å². The van der Waals surface area contributed by atoms with Crippen molar-refractivity contribution >= 4 is 11.8 Å². The molecule has 9 heteroatoms. The molecule has 0 unspecified atom stereocenters. The molecule has 2 aromatic heterocycles. The number of thioether (sulfide) groups is 1. The van der Waals surface area contributed by atoms with Gasteiger partial charge in [-0.25, -0.2) is 8.78 Å². The zero-order valence-corrected chi connectivity index (χ0v) is 17.5. The largest absolute Gasteiger partial charge is 0.339 e. The summed E-state index contributed by atoms with van der Waals surface area (Å²) in [6, 6.07) is 12.7. The first-order chi connectivity index (χ1) is 14.3. The topological polar surface area (TPSA) is 69.6 Å². The minimum Gasteiger partial charge on any atom is -0.339 e. The van der Waals surface area contributed by atoms with Gasteiger partial charge in [0.2, 0.25) is 5.89 Å². The molecule has 0 atom stereocenters. The highest BCUT2D eigenvalue weighted by molar-refractivity contribution is 7.98. The summed E-state index contributed by atoms with van der Waals surface area (Å²) in [5.74, 6) is 0.487. The third-order valence-corrected chi connectivity index (χ3v) is 5.18. The van der Waals surface area contributed by atoms with Gasteiger partial charge in [0, 0.05) is 17.0 Å². The van der Waals surface area contributed by atoms with Gasteiger partial charge in [0.15, 0.2) is 16.8 Å². The lowest BCUT2D eigenvalue weighted by atomic mass is 9.97. The Labute approximate surface area is 176 Å². The van der Waals surface area contributed by atoms with Gasteiger partial charge in [-0.1, -0.05) is 68.0 Å². The highest BCUT2D eigenvalue weighted by atomic mass is 32.2. The van der Waals surface area contributed by atoms with Crippen LogP contribution in [0, 0.1) is 11.6 Å². The lowest BCUT2D eigenvalue weighted by Gasteiger charge is -2.11. The van der Waals surface area contributed by atoms with Crippen LogP contribution in [0.1, 0.15) is 32.5 Å². The number of nitrogens with zero attached hydrogens (tertiary/aromatic N) is 5. The van der Waals surface area contributed by atoms with Crippen LogP contribution in [0.3, 0.4) is 0 Å². The second kappa shape index (κ2) is 7.98. The van der Waals surface area contributed by atoms with E-state index in [1.165, 1.54) is 23.9 Å². The Bertz CT molecular complexity index is 1170. The van der Waals surface area contributed by atoms with E-state index in [4.69, 9.17) is 4.52 Å². The average Bonchev–Trinajstić information content (AvgIpc) is 3.34. The molecule has 0 amide bonds. The zero-order valence-electron chi connectivity index (χ0n) is 16.6. The van der Waals surface area contributed by atoms with Gasteiger partial charge in [0.05, 0.1) is 11.4 Å². The van der Waals surface area contributed by atoms with Gasteiger partial charge in [-0.2, -0.15) is 4.98 Å². The van der Waals surface area contributed by atoms with E-state index >= 15 is 0 Å². The molecule has 6 nitrogen and oxygen atoms in total. The standard InChI is InChI=1S/C21H19F2N5OS/c1-21(2,3)19-24-17(27-29-19)12-30-20-26-25-18(13-7-5-4-6-8-13)28(20)16-10-9-14(22)11-15(16)23/h4-11H,12H2,1-3H3. The van der Waals surface area contributed by atoms with E-state index in [1.54, 1.807) is 4.57 Å². The first-order valence-electron chi connectivity index (χ1n) is 9.25. The van der Waals surface area contributed by atoms with Crippen LogP contribution in [-0.4, -0.2) is 24.9 Å². The minimum atomic E-state index is -0.705. The van der Waals surface area contributed by atoms with Crippen molar-refractivity contribution in [1.82, 2.24) is 24.9 Å². The van der Waals surface area contributed by atoms with Crippen LogP contribution in [-0.2, 0) is 11.2 Å². The summed E-state index contributed by atoms with van der Waals surface area (Å²) in [6.45, 7) is 5.95. The predicted molar refractivity (Wildman–Crippen MR) is 109 cm³/mol. The van der Waals surface area contributed by atoms with Crippen molar-refractivity contribution in [2.75, 3.05) is 0 Å². The Hall–Kier alpha value is -3.07. The maximum absolute atomic E-state index is 14.6. The van der Waals surface area contributed by atoms with Crippen LogP contribution in [0.5, 0.6) is 0 Å². The smallest absolute Gasteiger partial charge is 0.232 e. The summed E-state index contributed by atoms with van der Waals surface area (Å²) >= 11 is 1.29. The molecule has 0 aliphatic heterocycles. The third kappa shape index (κ3) is 4.11. The van der Waals surface area contributed by atoms with Crippen molar-refractivity contribution in [3.05, 3.63) is 71.9 Å². The Morgan fingerprint density at radius 3 is 2.47 bits per heavy atom. The molecular formula is C21H19F2N5OS. The Kier molecular flexibility index (Phi) is 5.38. The van der Waals surface area contributed by atoms with E-state index in [0.717, 1.165) is 11.6 Å². The Morgan fingerprint density at radius 1 is 1.03 bits per heavy atom. The normalized spacial score (nSPS) is 11.8. The fraction of sp³-hybridized carbons (Fsp3) is 0.238. The summed E-state index contributed by atoms with van der Waals surface area (Å²) in [6.07, 6.45) is 0. The first-order valence-corrected chi connectivity index (χ1v) is 10.2. The summed E-state index contributed by atoms with van der Waals surface area (Å²) in [5, 5.41) is 12.9. The van der Waals surface area contributed by atoms with Gasteiger partial charge in [-0.3, -0.25) is 4.57 Å². The van der Waals surface area contributed by atoms with Gasteiger partial charge >= 0.3 is 0 Å². The maximum Gasteiger partial charge on any atom is 0.232 e. The maximum atomic E-state index is 14.6. The second-order valence-corrected chi connectivity index (χ2v) is 8.60. The van der Waals surface area contributed by atoms with Crippen molar-refractivity contribution in [2.45, 2.75) is 37.1 Å². The summed E-state index contributed by atoms with van der Waals surface area (Å²) < 4.78 is 35.0. The first kappa shape index (κ1) is 20.2. The van der Waals surface area contributed by atoms with E-state index in [-0.39, 0.29) is 11.1 Å². The molecule has 154 valence electrons. The molecule has 0 spiro atoms. The van der Waals surface area contributed by atoms with Crippen molar-refractivity contribution < 1.29 is 13.3 Å². The van der Waals surface area contributed by atoms with Crippen molar-refractivity contribution in [2.24, 2.45) is 0 Å². The van der Waals surface area contributed by atoms with Crippen molar-refractivity contribution in [3.8, 4) is 17.1 Å². The van der Waals surface area contributed by atoms with E-state index in [1.807, 2.05) is 51.1 Å². The average molecular weight is 427 g/mol. The highest BCUT2D eigenvalue weighted by Crippen LogP contribution is 2.31. The third-order valence-electron chi connectivity index (χ3n) is 4.26. The Balaban J connectivity index is 1.71. The quantitative estimate of drug-likeness (QED) is 0.409. The van der Waals surface area contributed by atoms with Crippen LogP contribution >= 0.6 is 11.8 Å². The van der Waals surface area contributed by atoms with E-state index in [2.05, 4.69) is 20.3 Å². The molecule has 0 bridgehead atoms. The molecule has 4 aromatic rings. The SMILES string of the molecule is CC(C)(C)c1nc(CSc2nnc(-c3ccccc3)n2-c2ccc(F)cc2F)no1. The fourth-order valence-electron chi connectivity index (χ4n) is 2.76. The fourth-order valence-corrected chi connectivity index (χ4v) is 3.55. The highest BCUT2D eigenvalue weighted by Gasteiger charge is 2.23. The van der Waals surface area contributed by atoms with Crippen LogP contribution < -0.4 is 0 Å². The Morgan fingerprint density at radius 2 is 1.80 bits per heavy atom. The number of hydrogen-bond acceptors (Lipinski definition) is 6. The molecular weight excluding hydrogens is 408 g/mol. The molecule has 2 aromatic carbocycles. The predicted octanol–water partition coefficient (Wildman–Crippen LogP) is 5.19. The number of halogens is 2. The molecule has 0 aliphatic rings. The van der Waals surface area contributed by atoms with E-state index in [9.17, 15) is 8.78 Å². The number of hydrogen-bond donors (Lipinski definition) is 0. The number of rotatable bonds is 5. The summed E-state index contributed by atoms with van der Waals surface area (Å²) in [5.41, 5.74) is 0.662. The molecule has 0 fully saturated rings. The molecule has 4 rings (SSSR count). The van der Waals surface area contributed by atoms with Crippen LogP contribution in [0.4, 0.5) is 8.78 Å².